The van der Waals surface area contributed by atoms with Crippen LogP contribution < -0.4 is 5.32 Å². The molecule has 3 heteroatoms. The van der Waals surface area contributed by atoms with E-state index in [1.54, 1.807) is 6.33 Å². The monoisotopic (exact) mass is 137 g/mol. The van der Waals surface area contributed by atoms with Crippen LogP contribution in [-0.2, 0) is 0 Å². The third-order valence-corrected chi connectivity index (χ3v) is 2.08. The van der Waals surface area contributed by atoms with Gasteiger partial charge in [0.25, 0.3) is 0 Å². The minimum atomic E-state index is 0.681. The maximum absolute atomic E-state index is 3.97. The molecule has 1 heterocycles. The van der Waals surface area contributed by atoms with E-state index in [0.29, 0.717) is 12.0 Å². The largest absolute Gasteiger partial charge is 0.348 e. The summed E-state index contributed by atoms with van der Waals surface area (Å²) in [5, 5.41) is 3.23. The molecule has 1 saturated carbocycles. The van der Waals surface area contributed by atoms with Crippen LogP contribution in [0.25, 0.3) is 0 Å². The molecular weight excluding hydrogens is 126 g/mol. The van der Waals surface area contributed by atoms with Crippen molar-refractivity contribution < 1.29 is 0 Å². The topological polar surface area (TPSA) is 40.7 Å². The Kier molecular flexibility index (Phi) is 1.24. The van der Waals surface area contributed by atoms with Crippen molar-refractivity contribution in [3.63, 3.8) is 0 Å². The summed E-state index contributed by atoms with van der Waals surface area (Å²) in [6.07, 6.45) is 4.89. The molecule has 0 bridgehead atoms. The summed E-state index contributed by atoms with van der Waals surface area (Å²) in [6.45, 7) is 0. The van der Waals surface area contributed by atoms with Gasteiger partial charge < -0.3 is 10.3 Å². The van der Waals surface area contributed by atoms with Gasteiger partial charge in [0.2, 0.25) is 0 Å². The number of rotatable bonds is 2. The Morgan fingerprint density at radius 3 is 3.20 bits per heavy atom. The number of nitrogens with one attached hydrogen (secondary N) is 2. The highest BCUT2D eigenvalue weighted by Crippen LogP contribution is 2.38. The molecule has 0 amide bonds. The van der Waals surface area contributed by atoms with E-state index < -0.39 is 0 Å². The first-order valence-electron chi connectivity index (χ1n) is 3.57. The Balaban J connectivity index is 2.05. The summed E-state index contributed by atoms with van der Waals surface area (Å²) in [5.41, 5.74) is 1.26. The number of aromatic amines is 1. The molecule has 0 spiro atoms. The van der Waals surface area contributed by atoms with E-state index >= 15 is 0 Å². The molecule has 2 atom stereocenters. The SMILES string of the molecule is CN[C@H]1C[C@@H]1c1cnc[nH]1. The maximum Gasteiger partial charge on any atom is 0.0921 e. The highest BCUT2D eigenvalue weighted by atomic mass is 15.0. The number of aromatic nitrogens is 2. The van der Waals surface area contributed by atoms with Crippen molar-refractivity contribution in [1.29, 1.82) is 0 Å². The van der Waals surface area contributed by atoms with E-state index in [9.17, 15) is 0 Å². The summed E-state index contributed by atoms with van der Waals surface area (Å²) in [6, 6.07) is 0.681. The van der Waals surface area contributed by atoms with Crippen molar-refractivity contribution in [3.8, 4) is 0 Å². The van der Waals surface area contributed by atoms with Crippen molar-refractivity contribution in [2.24, 2.45) is 0 Å². The Morgan fingerprint density at radius 1 is 1.80 bits per heavy atom. The van der Waals surface area contributed by atoms with Crippen LogP contribution in [0.5, 0.6) is 0 Å². The van der Waals surface area contributed by atoms with Crippen molar-refractivity contribution >= 4 is 0 Å². The first-order chi connectivity index (χ1) is 4.92. The number of likely N-dealkylation sites (N-methyl/N-ethyl adjacent to an activating group) is 1. The molecule has 1 aliphatic carbocycles. The first kappa shape index (κ1) is 5.92. The zero-order valence-electron chi connectivity index (χ0n) is 5.96. The van der Waals surface area contributed by atoms with Crippen LogP contribution in [0.15, 0.2) is 12.5 Å². The fourth-order valence-corrected chi connectivity index (χ4v) is 1.33. The van der Waals surface area contributed by atoms with Gasteiger partial charge in [0, 0.05) is 23.9 Å². The second-order valence-electron chi connectivity index (χ2n) is 2.74. The van der Waals surface area contributed by atoms with Crippen molar-refractivity contribution in [1.82, 2.24) is 15.3 Å². The summed E-state index contributed by atoms with van der Waals surface area (Å²) in [7, 11) is 2.00. The maximum atomic E-state index is 3.97. The second-order valence-corrected chi connectivity index (χ2v) is 2.74. The normalized spacial score (nSPS) is 30.5. The van der Waals surface area contributed by atoms with E-state index in [0.717, 1.165) is 0 Å². The lowest BCUT2D eigenvalue weighted by molar-refractivity contribution is 0.777. The minimum absolute atomic E-state index is 0.681. The molecule has 1 fully saturated rings. The summed E-state index contributed by atoms with van der Waals surface area (Å²) in [4.78, 5) is 7.08. The average Bonchev–Trinajstić information content (AvgIpc) is 2.56. The van der Waals surface area contributed by atoms with Gasteiger partial charge in [-0.2, -0.15) is 0 Å². The smallest absolute Gasteiger partial charge is 0.0921 e. The molecule has 1 aromatic heterocycles. The van der Waals surface area contributed by atoms with Crippen LogP contribution in [-0.4, -0.2) is 23.1 Å². The predicted octanol–water partition coefficient (Wildman–Crippen LogP) is 0.485. The van der Waals surface area contributed by atoms with Crippen LogP contribution in [0, 0.1) is 0 Å². The molecule has 0 radical (unpaired) electrons. The van der Waals surface area contributed by atoms with Gasteiger partial charge in [0.05, 0.1) is 6.33 Å². The molecule has 0 aliphatic heterocycles. The summed E-state index contributed by atoms with van der Waals surface area (Å²) < 4.78 is 0. The molecule has 10 heavy (non-hydrogen) atoms. The molecule has 3 nitrogen and oxygen atoms in total. The lowest BCUT2D eigenvalue weighted by atomic mass is 10.3. The van der Waals surface area contributed by atoms with Crippen LogP contribution in [0.1, 0.15) is 18.0 Å². The van der Waals surface area contributed by atoms with Gasteiger partial charge in [-0.15, -0.1) is 0 Å². The van der Waals surface area contributed by atoms with Crippen LogP contribution in [0.2, 0.25) is 0 Å². The second kappa shape index (κ2) is 2.09. The van der Waals surface area contributed by atoms with E-state index in [4.69, 9.17) is 0 Å². The number of hydrogen-bond acceptors (Lipinski definition) is 2. The van der Waals surface area contributed by atoms with E-state index in [2.05, 4.69) is 15.3 Å². The predicted molar refractivity (Wildman–Crippen MR) is 38.8 cm³/mol. The standard InChI is InChI=1S/C7H11N3/c1-8-6-2-5(6)7-3-9-4-10-7/h3-6,8H,2H2,1H3,(H,9,10)/t5-,6-/m0/s1. The van der Waals surface area contributed by atoms with Gasteiger partial charge in [-0.25, -0.2) is 4.98 Å². The molecule has 1 aliphatic rings. The van der Waals surface area contributed by atoms with Crippen LogP contribution in [0.4, 0.5) is 0 Å². The van der Waals surface area contributed by atoms with Crippen LogP contribution in [0.3, 0.4) is 0 Å². The first-order valence-corrected chi connectivity index (χ1v) is 3.57. The number of imidazole rings is 1. The van der Waals surface area contributed by atoms with Gasteiger partial charge >= 0.3 is 0 Å². The fraction of sp³-hybridized carbons (Fsp3) is 0.571. The molecule has 0 unspecified atom stereocenters. The van der Waals surface area contributed by atoms with Crippen molar-refractivity contribution in [2.75, 3.05) is 7.05 Å². The molecular formula is C7H11N3. The van der Waals surface area contributed by atoms with Crippen molar-refractivity contribution in [2.45, 2.75) is 18.4 Å². The third-order valence-electron chi connectivity index (χ3n) is 2.08. The quantitative estimate of drug-likeness (QED) is 0.622. The Labute approximate surface area is 59.9 Å². The third kappa shape index (κ3) is 0.827. The Morgan fingerprint density at radius 2 is 2.70 bits per heavy atom. The van der Waals surface area contributed by atoms with Crippen LogP contribution >= 0.6 is 0 Å². The lowest BCUT2D eigenvalue weighted by Crippen LogP contribution is -2.10. The molecule has 54 valence electrons. The number of H-pyrrole nitrogens is 1. The average molecular weight is 137 g/mol. The summed E-state index contributed by atoms with van der Waals surface area (Å²) >= 11 is 0. The minimum Gasteiger partial charge on any atom is -0.348 e. The fourth-order valence-electron chi connectivity index (χ4n) is 1.33. The van der Waals surface area contributed by atoms with E-state index in [1.165, 1.54) is 12.1 Å². The van der Waals surface area contributed by atoms with Gasteiger partial charge in [-0.1, -0.05) is 0 Å². The van der Waals surface area contributed by atoms with Gasteiger partial charge in [-0.3, -0.25) is 0 Å². The van der Waals surface area contributed by atoms with Gasteiger partial charge in [0.15, 0.2) is 0 Å². The summed E-state index contributed by atoms with van der Waals surface area (Å²) in [5.74, 6) is 0.687. The zero-order valence-corrected chi connectivity index (χ0v) is 5.96. The van der Waals surface area contributed by atoms with Gasteiger partial charge in [0.1, 0.15) is 0 Å². The molecule has 0 aromatic carbocycles. The number of nitrogens with zero attached hydrogens (tertiary/aromatic N) is 1. The Hall–Kier alpha value is -0.830. The highest BCUT2D eigenvalue weighted by Gasteiger charge is 2.37. The Bertz CT molecular complexity index is 205. The molecule has 2 N–H and O–H groups in total. The van der Waals surface area contributed by atoms with Crippen molar-refractivity contribution in [3.05, 3.63) is 18.2 Å². The van der Waals surface area contributed by atoms with Gasteiger partial charge in [-0.05, 0) is 13.5 Å². The zero-order chi connectivity index (χ0) is 6.97. The highest BCUT2D eigenvalue weighted by molar-refractivity contribution is 5.17. The molecule has 1 aromatic rings. The lowest BCUT2D eigenvalue weighted by Gasteiger charge is -1.92. The molecule has 2 rings (SSSR count). The van der Waals surface area contributed by atoms with E-state index in [1.807, 2.05) is 13.2 Å². The number of hydrogen-bond donors (Lipinski definition) is 2. The van der Waals surface area contributed by atoms with E-state index in [-0.39, 0.29) is 0 Å². The molecule has 0 saturated heterocycles.